The molecule has 3 rings (SSSR count). The Morgan fingerprint density at radius 2 is 2.12 bits per heavy atom. The number of anilines is 1. The molecule has 0 bridgehead atoms. The Kier molecular flexibility index (Phi) is 4.92. The normalized spacial score (nSPS) is 13.0. The van der Waals surface area contributed by atoms with Gasteiger partial charge in [0.15, 0.2) is 6.61 Å². The van der Waals surface area contributed by atoms with E-state index < -0.39 is 4.92 Å². The fraction of sp³-hybridized carbons (Fsp3) is 0.333. The molecule has 0 saturated carbocycles. The smallest absolute Gasteiger partial charge is 0.271 e. The van der Waals surface area contributed by atoms with Crippen LogP contribution in [0, 0.1) is 17.0 Å². The molecule has 0 saturated heterocycles. The van der Waals surface area contributed by atoms with Crippen LogP contribution < -0.4 is 10.1 Å². The van der Waals surface area contributed by atoms with E-state index in [0.29, 0.717) is 11.4 Å². The van der Waals surface area contributed by atoms with Gasteiger partial charge in [-0.25, -0.2) is 0 Å². The zero-order valence-electron chi connectivity index (χ0n) is 13.9. The molecule has 2 aromatic rings. The zero-order chi connectivity index (χ0) is 17.8. The summed E-state index contributed by atoms with van der Waals surface area (Å²) in [5.74, 6) is 0.334. The summed E-state index contributed by atoms with van der Waals surface area (Å²) in [6.45, 7) is 1.62. The summed E-state index contributed by atoms with van der Waals surface area (Å²) < 4.78 is 5.67. The second-order valence-corrected chi connectivity index (χ2v) is 6.03. The predicted molar refractivity (Wildman–Crippen MR) is 92.8 cm³/mol. The van der Waals surface area contributed by atoms with E-state index in [1.165, 1.54) is 12.1 Å². The van der Waals surface area contributed by atoms with Gasteiger partial charge in [0.05, 0.1) is 10.6 Å². The maximum atomic E-state index is 12.2. The lowest BCUT2D eigenvalue weighted by Gasteiger charge is -2.18. The lowest BCUT2D eigenvalue weighted by Crippen LogP contribution is -2.21. The summed E-state index contributed by atoms with van der Waals surface area (Å²) in [6.07, 6.45) is 5.75. The highest BCUT2D eigenvalue weighted by molar-refractivity contribution is 5.93. The third kappa shape index (κ3) is 3.93. The second-order valence-electron chi connectivity index (χ2n) is 6.03. The minimum atomic E-state index is -0.491. The number of amides is 1. The third-order valence-electron chi connectivity index (χ3n) is 4.26. The molecule has 1 aromatic carbocycles. The molecule has 0 aliphatic heterocycles. The molecule has 1 aliphatic carbocycles. The van der Waals surface area contributed by atoms with Crippen molar-refractivity contribution < 1.29 is 14.5 Å². The molecule has 130 valence electrons. The Bertz CT molecular complexity index is 820. The Balaban J connectivity index is 1.66. The van der Waals surface area contributed by atoms with Crippen LogP contribution in [0.1, 0.15) is 29.7 Å². The number of hydrogen-bond acceptors (Lipinski definition) is 5. The second kappa shape index (κ2) is 7.29. The number of carbonyl (C=O) groups is 1. The number of nitro groups is 1. The number of fused-ring (bicyclic) bond motifs is 1. The first-order valence-corrected chi connectivity index (χ1v) is 8.19. The van der Waals surface area contributed by atoms with Crippen molar-refractivity contribution in [2.24, 2.45) is 0 Å². The number of aromatic nitrogens is 1. The molecular formula is C18H19N3O4. The minimum Gasteiger partial charge on any atom is -0.483 e. The molecule has 1 N–H and O–H groups in total. The molecule has 1 amide bonds. The summed E-state index contributed by atoms with van der Waals surface area (Å²) >= 11 is 0. The van der Waals surface area contributed by atoms with Crippen LogP contribution in [-0.2, 0) is 17.6 Å². The minimum absolute atomic E-state index is 0.0648. The van der Waals surface area contributed by atoms with Crippen LogP contribution in [0.5, 0.6) is 5.75 Å². The van der Waals surface area contributed by atoms with Crippen LogP contribution >= 0.6 is 0 Å². The van der Waals surface area contributed by atoms with Gasteiger partial charge in [0.1, 0.15) is 5.75 Å². The Morgan fingerprint density at radius 1 is 1.32 bits per heavy atom. The van der Waals surface area contributed by atoms with E-state index in [9.17, 15) is 14.9 Å². The molecule has 0 radical (unpaired) electrons. The van der Waals surface area contributed by atoms with Gasteiger partial charge in [-0.3, -0.25) is 19.9 Å². The van der Waals surface area contributed by atoms with E-state index >= 15 is 0 Å². The van der Waals surface area contributed by atoms with Crippen molar-refractivity contribution in [2.45, 2.75) is 32.6 Å². The number of ether oxygens (including phenoxy) is 1. The SMILES string of the molecule is Cc1ccc([N+](=O)[O-])cc1NC(=O)COc1ccnc2c1CCCC2. The summed E-state index contributed by atoms with van der Waals surface area (Å²) in [6, 6.07) is 6.14. The highest BCUT2D eigenvalue weighted by atomic mass is 16.6. The molecule has 1 aromatic heterocycles. The molecule has 0 atom stereocenters. The van der Waals surface area contributed by atoms with Gasteiger partial charge in [-0.15, -0.1) is 0 Å². The van der Waals surface area contributed by atoms with E-state index in [1.54, 1.807) is 25.3 Å². The molecule has 1 heterocycles. The van der Waals surface area contributed by atoms with Crippen LogP contribution in [0.2, 0.25) is 0 Å². The Labute approximate surface area is 145 Å². The predicted octanol–water partition coefficient (Wildman–Crippen LogP) is 3.19. The van der Waals surface area contributed by atoms with E-state index in [1.807, 2.05) is 0 Å². The zero-order valence-corrected chi connectivity index (χ0v) is 13.9. The van der Waals surface area contributed by atoms with Crippen molar-refractivity contribution in [2.75, 3.05) is 11.9 Å². The largest absolute Gasteiger partial charge is 0.483 e. The topological polar surface area (TPSA) is 94.4 Å². The van der Waals surface area contributed by atoms with Gasteiger partial charge in [0.25, 0.3) is 11.6 Å². The molecule has 7 nitrogen and oxygen atoms in total. The van der Waals surface area contributed by atoms with E-state index in [2.05, 4.69) is 10.3 Å². The first-order chi connectivity index (χ1) is 12.0. The maximum Gasteiger partial charge on any atom is 0.271 e. The van der Waals surface area contributed by atoms with Gasteiger partial charge in [0.2, 0.25) is 0 Å². The fourth-order valence-electron chi connectivity index (χ4n) is 2.92. The van der Waals surface area contributed by atoms with Gasteiger partial charge in [-0.1, -0.05) is 6.07 Å². The number of aryl methyl sites for hydroxylation is 2. The summed E-state index contributed by atoms with van der Waals surface area (Å²) in [4.78, 5) is 26.9. The number of non-ortho nitro benzene ring substituents is 1. The third-order valence-corrected chi connectivity index (χ3v) is 4.26. The molecule has 25 heavy (non-hydrogen) atoms. The highest BCUT2D eigenvalue weighted by Gasteiger charge is 2.16. The summed E-state index contributed by atoms with van der Waals surface area (Å²) in [5, 5.41) is 13.5. The van der Waals surface area contributed by atoms with Crippen LogP contribution in [0.25, 0.3) is 0 Å². The van der Waals surface area contributed by atoms with Crippen molar-refractivity contribution >= 4 is 17.3 Å². The van der Waals surface area contributed by atoms with E-state index in [-0.39, 0.29) is 18.2 Å². The molecule has 0 fully saturated rings. The van der Waals surface area contributed by atoms with Crippen molar-refractivity contribution in [1.82, 2.24) is 4.98 Å². The lowest BCUT2D eigenvalue weighted by atomic mass is 9.95. The molecule has 0 spiro atoms. The number of rotatable bonds is 5. The number of hydrogen-bond donors (Lipinski definition) is 1. The first-order valence-electron chi connectivity index (χ1n) is 8.19. The number of nitrogens with one attached hydrogen (secondary N) is 1. The monoisotopic (exact) mass is 341 g/mol. The highest BCUT2D eigenvalue weighted by Crippen LogP contribution is 2.28. The van der Waals surface area contributed by atoms with Gasteiger partial charge in [0, 0.05) is 29.6 Å². The number of nitro benzene ring substituents is 1. The van der Waals surface area contributed by atoms with Gasteiger partial charge in [-0.2, -0.15) is 0 Å². The van der Waals surface area contributed by atoms with Crippen LogP contribution in [0.4, 0.5) is 11.4 Å². The fourth-order valence-corrected chi connectivity index (χ4v) is 2.92. The maximum absolute atomic E-state index is 12.2. The van der Waals surface area contributed by atoms with Crippen molar-refractivity contribution in [1.29, 1.82) is 0 Å². The van der Waals surface area contributed by atoms with Crippen LogP contribution in [0.3, 0.4) is 0 Å². The standard InChI is InChI=1S/C18H19N3O4/c1-12-6-7-13(21(23)24)10-16(12)20-18(22)11-25-17-8-9-19-15-5-3-2-4-14(15)17/h6-10H,2-5,11H2,1H3,(H,20,22). The quantitative estimate of drug-likeness (QED) is 0.666. The van der Waals surface area contributed by atoms with Crippen LogP contribution in [-0.4, -0.2) is 22.4 Å². The van der Waals surface area contributed by atoms with E-state index in [4.69, 9.17) is 4.74 Å². The Hall–Kier alpha value is -2.96. The average Bonchev–Trinajstić information content (AvgIpc) is 2.61. The molecule has 1 aliphatic rings. The number of benzene rings is 1. The van der Waals surface area contributed by atoms with Crippen molar-refractivity contribution in [3.8, 4) is 5.75 Å². The van der Waals surface area contributed by atoms with Crippen LogP contribution in [0.15, 0.2) is 30.5 Å². The number of nitrogens with zero attached hydrogens (tertiary/aromatic N) is 2. The molecular weight excluding hydrogens is 322 g/mol. The number of pyridine rings is 1. The summed E-state index contributed by atoms with van der Waals surface area (Å²) in [7, 11) is 0. The van der Waals surface area contributed by atoms with Gasteiger partial charge < -0.3 is 10.1 Å². The molecule has 0 unspecified atom stereocenters. The van der Waals surface area contributed by atoms with Gasteiger partial charge in [-0.05, 0) is 44.2 Å². The summed E-state index contributed by atoms with van der Waals surface area (Å²) in [5.41, 5.74) is 3.22. The average molecular weight is 341 g/mol. The molecule has 7 heteroatoms. The van der Waals surface area contributed by atoms with Crippen molar-refractivity contribution in [3.63, 3.8) is 0 Å². The van der Waals surface area contributed by atoms with Gasteiger partial charge >= 0.3 is 0 Å². The van der Waals surface area contributed by atoms with E-state index in [0.717, 1.165) is 42.5 Å². The lowest BCUT2D eigenvalue weighted by molar-refractivity contribution is -0.384. The number of carbonyl (C=O) groups excluding carboxylic acids is 1. The Morgan fingerprint density at radius 3 is 2.92 bits per heavy atom. The van der Waals surface area contributed by atoms with Crippen molar-refractivity contribution in [3.05, 3.63) is 57.4 Å². The first kappa shape index (κ1) is 16.9.